The summed E-state index contributed by atoms with van der Waals surface area (Å²) in [5, 5.41) is 25.4. The van der Waals surface area contributed by atoms with Crippen LogP contribution in [-0.4, -0.2) is 60.3 Å². The summed E-state index contributed by atoms with van der Waals surface area (Å²) in [5.74, 6) is 1.93. The van der Waals surface area contributed by atoms with Crippen molar-refractivity contribution >= 4 is 23.3 Å². The molecule has 0 aliphatic heterocycles. The van der Waals surface area contributed by atoms with Crippen molar-refractivity contribution in [2.24, 2.45) is 11.8 Å². The summed E-state index contributed by atoms with van der Waals surface area (Å²) in [6, 6.07) is 34.0. The lowest BCUT2D eigenvalue weighted by Gasteiger charge is -2.50. The molecule has 6 aromatic rings. The lowest BCUT2D eigenvalue weighted by atomic mass is 9.55. The minimum atomic E-state index is -0.566. The Labute approximate surface area is 439 Å². The summed E-state index contributed by atoms with van der Waals surface area (Å²) < 4.78 is 4.96. The van der Waals surface area contributed by atoms with Gasteiger partial charge < -0.3 is 26.0 Å². The Kier molecular flexibility index (Phi) is 16.8. The van der Waals surface area contributed by atoms with E-state index in [0.717, 1.165) is 120 Å². The van der Waals surface area contributed by atoms with E-state index in [0.29, 0.717) is 40.2 Å². The lowest BCUT2D eigenvalue weighted by Crippen LogP contribution is -2.48. The summed E-state index contributed by atoms with van der Waals surface area (Å²) in [6.07, 6.45) is 18.6. The molecule has 2 fully saturated rings. The van der Waals surface area contributed by atoms with Crippen LogP contribution in [0.1, 0.15) is 168 Å². The predicted molar refractivity (Wildman–Crippen MR) is 294 cm³/mol. The molecule has 0 radical (unpaired) electrons. The van der Waals surface area contributed by atoms with Crippen molar-refractivity contribution in [1.29, 1.82) is 0 Å². The summed E-state index contributed by atoms with van der Waals surface area (Å²) in [4.78, 5) is 41.9. The second-order valence-corrected chi connectivity index (χ2v) is 21.9. The van der Waals surface area contributed by atoms with Gasteiger partial charge in [0.15, 0.2) is 0 Å². The van der Waals surface area contributed by atoms with Gasteiger partial charge in [-0.3, -0.25) is 4.79 Å². The zero-order valence-electron chi connectivity index (χ0n) is 44.8. The molecule has 11 nitrogen and oxygen atoms in total. The maximum Gasteiger partial charge on any atom is 0.337 e. The number of benzene rings is 4. The number of esters is 1. The average molecular weight is 999 g/mol. The summed E-state index contributed by atoms with van der Waals surface area (Å²) in [5.41, 5.74) is 16.6. The highest BCUT2D eigenvalue weighted by Crippen LogP contribution is 2.56. The molecule has 11 heteroatoms. The van der Waals surface area contributed by atoms with Gasteiger partial charge in [-0.25, -0.2) is 24.7 Å². The number of aromatic nitrogens is 4. The number of anilines is 2. The van der Waals surface area contributed by atoms with E-state index in [1.54, 1.807) is 12.4 Å². The summed E-state index contributed by atoms with van der Waals surface area (Å²) in [7, 11) is 1.44. The highest BCUT2D eigenvalue weighted by molar-refractivity contribution is 6.04. The molecule has 4 aliphatic carbocycles. The number of nitrogen functional groups attached to an aromatic ring is 1. The van der Waals surface area contributed by atoms with Crippen molar-refractivity contribution in [2.45, 2.75) is 166 Å². The van der Waals surface area contributed by atoms with Crippen molar-refractivity contribution in [3.8, 4) is 0 Å². The Bertz CT molecular complexity index is 2910. The molecule has 0 unspecified atom stereocenters. The summed E-state index contributed by atoms with van der Waals surface area (Å²) in [6.45, 7) is 11.7. The van der Waals surface area contributed by atoms with Crippen molar-refractivity contribution in [2.75, 3.05) is 18.2 Å². The molecule has 390 valence electrons. The van der Waals surface area contributed by atoms with E-state index >= 15 is 0 Å². The molecule has 5 N–H and O–H groups in total. The number of fused-ring (bicyclic) bond motifs is 6. The Hall–Kier alpha value is -6.30. The van der Waals surface area contributed by atoms with E-state index in [2.05, 4.69) is 124 Å². The van der Waals surface area contributed by atoms with Crippen LogP contribution >= 0.6 is 0 Å². The van der Waals surface area contributed by atoms with Crippen molar-refractivity contribution in [3.63, 3.8) is 0 Å². The van der Waals surface area contributed by atoms with Crippen LogP contribution in [0.15, 0.2) is 109 Å². The van der Waals surface area contributed by atoms with Gasteiger partial charge in [0, 0.05) is 16.4 Å². The number of aryl methyl sites for hydroxylation is 6. The molecule has 74 heavy (non-hydrogen) atoms. The van der Waals surface area contributed by atoms with Crippen LogP contribution in [0.25, 0.3) is 0 Å². The number of ether oxygens (including phenoxy) is 1. The molecule has 1 amide bonds. The Balaban J connectivity index is 0.000000171. The number of methoxy groups -OCH3 is 1. The second-order valence-electron chi connectivity index (χ2n) is 21.9. The molecule has 2 heterocycles. The third kappa shape index (κ3) is 12.0. The van der Waals surface area contributed by atoms with Crippen molar-refractivity contribution < 1.29 is 24.5 Å². The molecule has 4 aromatic carbocycles. The Morgan fingerprint density at radius 3 is 1.58 bits per heavy atom. The van der Waals surface area contributed by atoms with Gasteiger partial charge in [0.05, 0.1) is 59.0 Å². The van der Waals surface area contributed by atoms with E-state index in [9.17, 15) is 19.8 Å². The van der Waals surface area contributed by atoms with Crippen molar-refractivity contribution in [3.05, 3.63) is 177 Å². The minimum absolute atomic E-state index is 0.0171. The highest BCUT2D eigenvalue weighted by Gasteiger charge is 2.51. The third-order valence-electron chi connectivity index (χ3n) is 17.4. The van der Waals surface area contributed by atoms with Crippen LogP contribution < -0.4 is 11.1 Å². The fourth-order valence-corrected chi connectivity index (χ4v) is 13.0. The maximum absolute atomic E-state index is 13.2. The zero-order chi connectivity index (χ0) is 52.7. The monoisotopic (exact) mass is 999 g/mol. The first-order valence-corrected chi connectivity index (χ1v) is 27.1. The first-order valence-electron chi connectivity index (χ1n) is 27.1. The molecule has 4 aliphatic rings. The zero-order valence-corrected chi connectivity index (χ0v) is 44.8. The number of hydrogen-bond donors (Lipinski definition) is 4. The topological polar surface area (TPSA) is 173 Å². The molecule has 2 aromatic heterocycles. The van der Waals surface area contributed by atoms with Gasteiger partial charge in [0.2, 0.25) is 0 Å². The molecule has 10 rings (SSSR count). The van der Waals surface area contributed by atoms with Crippen LogP contribution in [0, 0.1) is 39.5 Å². The number of nitrogens with one attached hydrogen (secondary N) is 1. The first-order chi connectivity index (χ1) is 35.5. The number of rotatable bonds is 9. The van der Waals surface area contributed by atoms with Crippen LogP contribution in [0.3, 0.4) is 0 Å². The third-order valence-corrected chi connectivity index (χ3v) is 17.4. The van der Waals surface area contributed by atoms with Crippen molar-refractivity contribution in [1.82, 2.24) is 19.9 Å². The van der Waals surface area contributed by atoms with E-state index < -0.39 is 11.2 Å². The number of carbonyl (C=O) groups excluding carboxylic acids is 2. The Morgan fingerprint density at radius 1 is 0.649 bits per heavy atom. The van der Waals surface area contributed by atoms with Gasteiger partial charge in [-0.1, -0.05) is 86.6 Å². The number of amides is 1. The van der Waals surface area contributed by atoms with Crippen LogP contribution in [0.2, 0.25) is 0 Å². The maximum atomic E-state index is 13.2. The Morgan fingerprint density at radius 2 is 1.12 bits per heavy atom. The van der Waals surface area contributed by atoms with E-state index in [1.807, 2.05) is 39.8 Å². The minimum Gasteiger partial charge on any atom is -0.465 e. The number of nitrogens with two attached hydrogens (primary N) is 1. The normalized spacial score (nSPS) is 24.8. The lowest BCUT2D eigenvalue weighted by molar-refractivity contribution is -0.0500. The molecule has 0 bridgehead atoms. The molecule has 2 saturated carbocycles. The number of hydrogen-bond acceptors (Lipinski definition) is 10. The smallest absolute Gasteiger partial charge is 0.337 e. The van der Waals surface area contributed by atoms with Gasteiger partial charge in [-0.2, -0.15) is 0 Å². The predicted octanol–water partition coefficient (Wildman–Crippen LogP) is 12.0. The summed E-state index contributed by atoms with van der Waals surface area (Å²) >= 11 is 0. The fraction of sp³-hybridized carbons (Fsp3) is 0.460. The fourth-order valence-electron chi connectivity index (χ4n) is 13.0. The highest BCUT2D eigenvalue weighted by atomic mass is 16.5. The van der Waals surface area contributed by atoms with Gasteiger partial charge in [-0.05, 0) is 200 Å². The largest absolute Gasteiger partial charge is 0.465 e. The standard InChI is InChI=1S/C31H37N3O2.C26H32O3.C6H9N3/c1-4-30(36)15-16-31(18-23-9-6-5-7-10-23)26(19-30)12-8-11-24-17-25(13-14-27(24)31)29(35)34-28-20-32-22(3)33-21(28)2;1-3-25(28)14-15-26(17-19-8-5-4-6-9-19)22(18-25)11-7-10-20-16-21(24(27)29-2)12-13-23(20)26;1-4-6(7)3-8-5(2)9-4/h5-7,9-10,13-14,17,20,26,36H,4,8,11-12,15-16,18-19H2,1-3H3,(H,34,35);4-6,8-9,12-13,16,22,28H,3,7,10-11,14-15,17-18H2,1-2H3;3H,7H2,1-2H3/t26-,30+,31-;22-,25+,26-;/m00./s1. The van der Waals surface area contributed by atoms with Gasteiger partial charge in [-0.15, -0.1) is 0 Å². The second kappa shape index (κ2) is 23.1. The number of nitrogens with zero attached hydrogens (tertiary/aromatic N) is 4. The molecule has 0 spiro atoms. The van der Waals surface area contributed by atoms with E-state index in [-0.39, 0.29) is 22.7 Å². The SMILES string of the molecule is CC[C@@]1(O)CC[C@@]2(Cc3ccccc3)c3ccc(C(=O)Nc4cnc(C)nc4C)cc3CCC[C@H]2C1.CC[C@@]1(O)CC[C@@]2(Cc3ccccc3)c3ccc(C(=O)OC)cc3CCC[C@H]2C1.Cc1ncc(N)c(C)n1. The molecule has 0 saturated heterocycles. The van der Waals surface area contributed by atoms with Crippen LogP contribution in [-0.2, 0) is 41.3 Å². The van der Waals surface area contributed by atoms with Gasteiger partial charge >= 0.3 is 5.97 Å². The van der Waals surface area contributed by atoms with E-state index in [1.165, 1.54) is 40.5 Å². The quantitative estimate of drug-likeness (QED) is 0.102. The molecular formula is C63H78N6O5. The average Bonchev–Trinajstić information content (AvgIpc) is 3.65. The van der Waals surface area contributed by atoms with Crippen LogP contribution in [0.4, 0.5) is 11.4 Å². The molecule has 6 atom stereocenters. The van der Waals surface area contributed by atoms with Gasteiger partial charge in [0.1, 0.15) is 11.6 Å². The van der Waals surface area contributed by atoms with Gasteiger partial charge in [0.25, 0.3) is 5.91 Å². The first kappa shape index (κ1) is 54.0. The number of carbonyl (C=O) groups is 2. The number of aliphatic hydroxyl groups is 2. The van der Waals surface area contributed by atoms with E-state index in [4.69, 9.17) is 10.5 Å². The molecular weight excluding hydrogens is 921 g/mol. The van der Waals surface area contributed by atoms with Crippen LogP contribution in [0.5, 0.6) is 0 Å².